The van der Waals surface area contributed by atoms with Crippen LogP contribution in [0.3, 0.4) is 0 Å². The molecule has 0 saturated heterocycles. The van der Waals surface area contributed by atoms with Gasteiger partial charge in [-0.2, -0.15) is 0 Å². The fourth-order valence-corrected chi connectivity index (χ4v) is 5.20. The van der Waals surface area contributed by atoms with E-state index in [9.17, 15) is 13.2 Å². The average molecular weight is 437 g/mol. The van der Waals surface area contributed by atoms with Crippen molar-refractivity contribution >= 4 is 27.3 Å². The van der Waals surface area contributed by atoms with Gasteiger partial charge in [-0.05, 0) is 67.8 Å². The van der Waals surface area contributed by atoms with E-state index in [0.717, 1.165) is 16.8 Å². The first-order valence-corrected chi connectivity index (χ1v) is 11.5. The van der Waals surface area contributed by atoms with Crippen molar-refractivity contribution in [2.24, 2.45) is 0 Å². The molecule has 4 rings (SSSR count). The van der Waals surface area contributed by atoms with Gasteiger partial charge in [-0.25, -0.2) is 8.42 Å². The number of hydrogen-bond acceptors (Lipinski definition) is 4. The first-order chi connectivity index (χ1) is 14.8. The van der Waals surface area contributed by atoms with Crippen LogP contribution in [0, 0.1) is 13.8 Å². The molecule has 7 heteroatoms. The number of amides is 1. The van der Waals surface area contributed by atoms with Gasteiger partial charge in [0.05, 0.1) is 10.6 Å². The van der Waals surface area contributed by atoms with Gasteiger partial charge in [0.25, 0.3) is 15.9 Å². The van der Waals surface area contributed by atoms with Crippen LogP contribution in [0.15, 0.2) is 71.6 Å². The summed E-state index contributed by atoms with van der Waals surface area (Å²) in [4.78, 5) is 12.4. The standard InChI is InChI=1S/C24H24N2O4S/c1-17-7-9-20(10-8-17)25-24(27)16-30-23-12-11-21(15-18(23)2)31(28,29)26-14-13-19-5-3-4-6-22(19)26/h3-12,15H,13-14,16H2,1-2H3,(H,25,27). The average Bonchev–Trinajstić information content (AvgIpc) is 3.19. The van der Waals surface area contributed by atoms with Crippen LogP contribution in [0.1, 0.15) is 16.7 Å². The lowest BCUT2D eigenvalue weighted by molar-refractivity contribution is -0.118. The van der Waals surface area contributed by atoms with E-state index in [0.29, 0.717) is 30.0 Å². The zero-order valence-corrected chi connectivity index (χ0v) is 18.3. The molecule has 1 aliphatic heterocycles. The number of fused-ring (bicyclic) bond motifs is 1. The molecule has 0 spiro atoms. The first-order valence-electron chi connectivity index (χ1n) is 10.1. The number of nitrogens with zero attached hydrogens (tertiary/aromatic N) is 1. The molecule has 0 saturated carbocycles. The molecular weight excluding hydrogens is 412 g/mol. The lowest BCUT2D eigenvalue weighted by atomic mass is 10.2. The lowest BCUT2D eigenvalue weighted by Gasteiger charge is -2.20. The summed E-state index contributed by atoms with van der Waals surface area (Å²) in [6.07, 6.45) is 0.700. The number of sulfonamides is 1. The molecule has 6 nitrogen and oxygen atoms in total. The fraction of sp³-hybridized carbons (Fsp3) is 0.208. The highest BCUT2D eigenvalue weighted by molar-refractivity contribution is 7.92. The highest BCUT2D eigenvalue weighted by atomic mass is 32.2. The van der Waals surface area contributed by atoms with E-state index in [1.165, 1.54) is 10.4 Å². The van der Waals surface area contributed by atoms with Gasteiger partial charge in [-0.15, -0.1) is 0 Å². The quantitative estimate of drug-likeness (QED) is 0.632. The van der Waals surface area contributed by atoms with E-state index in [1.807, 2.05) is 55.5 Å². The number of aryl methyl sites for hydroxylation is 2. The van der Waals surface area contributed by atoms with Crippen LogP contribution >= 0.6 is 0 Å². The van der Waals surface area contributed by atoms with E-state index < -0.39 is 10.0 Å². The number of carbonyl (C=O) groups excluding carboxylic acids is 1. The first kappa shape index (κ1) is 20.9. The zero-order valence-electron chi connectivity index (χ0n) is 17.5. The Balaban J connectivity index is 1.44. The molecule has 0 bridgehead atoms. The molecule has 31 heavy (non-hydrogen) atoms. The summed E-state index contributed by atoms with van der Waals surface area (Å²) in [6.45, 7) is 4.01. The smallest absolute Gasteiger partial charge is 0.264 e. The number of carbonyl (C=O) groups is 1. The van der Waals surface area contributed by atoms with Gasteiger partial charge in [0.15, 0.2) is 6.61 Å². The van der Waals surface area contributed by atoms with E-state index in [1.54, 1.807) is 19.1 Å². The third-order valence-electron chi connectivity index (χ3n) is 5.27. The normalized spacial score (nSPS) is 13.0. The molecule has 0 unspecified atom stereocenters. The summed E-state index contributed by atoms with van der Waals surface area (Å²) in [6, 6.07) is 19.7. The van der Waals surface area contributed by atoms with Crippen molar-refractivity contribution in [3.05, 3.63) is 83.4 Å². The number of para-hydroxylation sites is 1. The van der Waals surface area contributed by atoms with Gasteiger partial charge in [0.1, 0.15) is 5.75 Å². The minimum Gasteiger partial charge on any atom is -0.483 e. The molecule has 1 N–H and O–H groups in total. The number of hydrogen-bond donors (Lipinski definition) is 1. The molecule has 1 heterocycles. The highest BCUT2D eigenvalue weighted by Crippen LogP contribution is 2.33. The van der Waals surface area contributed by atoms with Crippen molar-refractivity contribution in [2.45, 2.75) is 25.2 Å². The summed E-state index contributed by atoms with van der Waals surface area (Å²) in [5.74, 6) is 0.188. The number of ether oxygens (including phenoxy) is 1. The zero-order chi connectivity index (χ0) is 22.0. The van der Waals surface area contributed by atoms with Crippen LogP contribution in [0.5, 0.6) is 5.75 Å². The van der Waals surface area contributed by atoms with Gasteiger partial charge < -0.3 is 10.1 Å². The van der Waals surface area contributed by atoms with Crippen molar-refractivity contribution in [1.82, 2.24) is 0 Å². The molecule has 1 aliphatic rings. The predicted octanol–water partition coefficient (Wildman–Crippen LogP) is 4.07. The highest BCUT2D eigenvalue weighted by Gasteiger charge is 2.30. The summed E-state index contributed by atoms with van der Waals surface area (Å²) < 4.78 is 33.4. The molecule has 0 fully saturated rings. The van der Waals surface area contributed by atoms with Gasteiger partial charge in [0.2, 0.25) is 0 Å². The largest absolute Gasteiger partial charge is 0.483 e. The van der Waals surface area contributed by atoms with Gasteiger partial charge >= 0.3 is 0 Å². The maximum atomic E-state index is 13.2. The van der Waals surface area contributed by atoms with E-state index in [4.69, 9.17) is 4.74 Å². The Morgan fingerprint density at radius 3 is 2.52 bits per heavy atom. The second-order valence-corrected chi connectivity index (χ2v) is 9.45. The molecule has 0 aliphatic carbocycles. The summed E-state index contributed by atoms with van der Waals surface area (Å²) in [7, 11) is -3.67. The fourth-order valence-electron chi connectivity index (χ4n) is 3.61. The molecule has 0 aromatic heterocycles. The van der Waals surface area contributed by atoms with E-state index in [-0.39, 0.29) is 17.4 Å². The Morgan fingerprint density at radius 2 is 1.77 bits per heavy atom. The summed E-state index contributed by atoms with van der Waals surface area (Å²) >= 11 is 0. The number of benzene rings is 3. The second kappa shape index (κ2) is 8.43. The Labute approximate surface area is 182 Å². The maximum Gasteiger partial charge on any atom is 0.264 e. The van der Waals surface area contributed by atoms with Gasteiger partial charge in [0, 0.05) is 12.2 Å². The van der Waals surface area contributed by atoms with Crippen LogP contribution < -0.4 is 14.4 Å². The summed E-state index contributed by atoms with van der Waals surface area (Å²) in [5, 5.41) is 2.77. The van der Waals surface area contributed by atoms with Gasteiger partial charge in [-0.3, -0.25) is 9.10 Å². The Hall–Kier alpha value is -3.32. The number of nitrogens with one attached hydrogen (secondary N) is 1. The molecule has 3 aromatic rings. The number of anilines is 2. The van der Waals surface area contributed by atoms with Crippen molar-refractivity contribution in [1.29, 1.82) is 0 Å². The lowest BCUT2D eigenvalue weighted by Crippen LogP contribution is -2.29. The third kappa shape index (κ3) is 4.41. The van der Waals surface area contributed by atoms with Crippen molar-refractivity contribution < 1.29 is 17.9 Å². The SMILES string of the molecule is Cc1ccc(NC(=O)COc2ccc(S(=O)(=O)N3CCc4ccccc43)cc2C)cc1. The van der Waals surface area contributed by atoms with Crippen LogP contribution in [-0.4, -0.2) is 27.5 Å². The minimum atomic E-state index is -3.67. The van der Waals surface area contributed by atoms with E-state index in [2.05, 4.69) is 5.32 Å². The molecule has 0 atom stereocenters. The topological polar surface area (TPSA) is 75.7 Å². The Kier molecular flexibility index (Phi) is 5.69. The second-order valence-electron chi connectivity index (χ2n) is 7.59. The molecule has 0 radical (unpaired) electrons. The van der Waals surface area contributed by atoms with Crippen LogP contribution in [-0.2, 0) is 21.2 Å². The molecule has 160 valence electrons. The van der Waals surface area contributed by atoms with Crippen molar-refractivity contribution in [3.63, 3.8) is 0 Å². The maximum absolute atomic E-state index is 13.2. The van der Waals surface area contributed by atoms with E-state index >= 15 is 0 Å². The Bertz CT molecular complexity index is 1220. The number of rotatable bonds is 6. The molecule has 1 amide bonds. The van der Waals surface area contributed by atoms with Crippen molar-refractivity contribution in [2.75, 3.05) is 22.8 Å². The van der Waals surface area contributed by atoms with Crippen LogP contribution in [0.2, 0.25) is 0 Å². The Morgan fingerprint density at radius 1 is 1.03 bits per heavy atom. The van der Waals surface area contributed by atoms with Crippen LogP contribution in [0.25, 0.3) is 0 Å². The monoisotopic (exact) mass is 436 g/mol. The molecule has 3 aromatic carbocycles. The third-order valence-corrected chi connectivity index (χ3v) is 7.08. The van der Waals surface area contributed by atoms with Gasteiger partial charge in [-0.1, -0.05) is 35.9 Å². The minimum absolute atomic E-state index is 0.166. The van der Waals surface area contributed by atoms with Crippen LogP contribution in [0.4, 0.5) is 11.4 Å². The van der Waals surface area contributed by atoms with Crippen molar-refractivity contribution in [3.8, 4) is 5.75 Å². The summed E-state index contributed by atoms with van der Waals surface area (Å²) in [5.41, 5.74) is 4.22. The molecular formula is C24H24N2O4S. The predicted molar refractivity (Wildman–Crippen MR) is 121 cm³/mol.